The summed E-state index contributed by atoms with van der Waals surface area (Å²) in [5.41, 5.74) is 0. The van der Waals surface area contributed by atoms with Crippen molar-refractivity contribution in [2.24, 2.45) is 5.92 Å². The zero-order valence-electron chi connectivity index (χ0n) is 27.1. The second-order valence-corrected chi connectivity index (χ2v) is 11.6. The molecule has 0 unspecified atom stereocenters. The molecule has 0 bridgehead atoms. The van der Waals surface area contributed by atoms with E-state index in [9.17, 15) is 19.2 Å². The van der Waals surface area contributed by atoms with E-state index in [2.05, 4.69) is 20.8 Å². The van der Waals surface area contributed by atoms with Gasteiger partial charge >= 0.3 is 23.9 Å². The van der Waals surface area contributed by atoms with Crippen LogP contribution in [0.4, 0.5) is 0 Å². The van der Waals surface area contributed by atoms with E-state index in [1.165, 1.54) is 25.7 Å². The van der Waals surface area contributed by atoms with Crippen LogP contribution in [0.3, 0.4) is 0 Å². The van der Waals surface area contributed by atoms with Crippen LogP contribution in [-0.2, 0) is 33.4 Å². The molecule has 0 atom stereocenters. The summed E-state index contributed by atoms with van der Waals surface area (Å²) in [5.74, 6) is -1.56. The van der Waals surface area contributed by atoms with Crippen LogP contribution in [0.25, 0.3) is 0 Å². The Kier molecular flexibility index (Phi) is 27.5. The van der Waals surface area contributed by atoms with Gasteiger partial charge in [-0.3, -0.25) is 19.2 Å². The van der Waals surface area contributed by atoms with E-state index < -0.39 is 12.1 Å². The zero-order valence-corrected chi connectivity index (χ0v) is 27.1. The zero-order chi connectivity index (χ0) is 31.3. The summed E-state index contributed by atoms with van der Waals surface area (Å²) in [6.45, 7) is 6.32. The third kappa shape index (κ3) is 25.6. The van der Waals surface area contributed by atoms with Crippen molar-refractivity contribution in [1.29, 1.82) is 0 Å². The lowest BCUT2D eigenvalue weighted by molar-refractivity contribution is -0.167. The highest BCUT2D eigenvalue weighted by Gasteiger charge is 2.20. The molecule has 0 amide bonds. The molecule has 0 aromatic heterocycles. The molecule has 0 radical (unpaired) electrons. The van der Waals surface area contributed by atoms with Crippen LogP contribution in [0, 0.1) is 5.92 Å². The number of hydrogen-bond donors (Lipinski definition) is 1. The maximum atomic E-state index is 12.2. The average Bonchev–Trinajstić information content (AvgIpc) is 2.99. The molecule has 0 heterocycles. The quantitative estimate of drug-likeness (QED) is 0.0666. The summed E-state index contributed by atoms with van der Waals surface area (Å²) in [7, 11) is 0. The first-order valence-electron chi connectivity index (χ1n) is 17.1. The number of rotatable bonds is 24. The van der Waals surface area contributed by atoms with Crippen LogP contribution in [0.15, 0.2) is 0 Å². The van der Waals surface area contributed by atoms with E-state index >= 15 is 0 Å². The van der Waals surface area contributed by atoms with Crippen molar-refractivity contribution in [3.05, 3.63) is 0 Å². The fourth-order valence-electron chi connectivity index (χ4n) is 4.85. The summed E-state index contributed by atoms with van der Waals surface area (Å²) in [5, 5.41) is 8.54. The van der Waals surface area contributed by atoms with E-state index in [-0.39, 0.29) is 37.0 Å². The predicted octanol–water partition coefficient (Wildman–Crippen LogP) is 8.72. The highest BCUT2D eigenvalue weighted by atomic mass is 16.6. The maximum absolute atomic E-state index is 12.2. The Bertz CT molecular complexity index is 657. The summed E-state index contributed by atoms with van der Waals surface area (Å²) < 4.78 is 16.1. The molecule has 8 nitrogen and oxygen atoms in total. The highest BCUT2D eigenvalue weighted by Crippen LogP contribution is 2.23. The van der Waals surface area contributed by atoms with E-state index in [1.807, 2.05) is 0 Å². The molecule has 42 heavy (non-hydrogen) atoms. The minimum Gasteiger partial charge on any atom is -0.481 e. The van der Waals surface area contributed by atoms with Crippen molar-refractivity contribution in [3.8, 4) is 0 Å². The van der Waals surface area contributed by atoms with E-state index in [0.717, 1.165) is 103 Å². The van der Waals surface area contributed by atoms with Gasteiger partial charge in [-0.15, -0.1) is 0 Å². The molecule has 0 saturated heterocycles. The number of carboxylic acids is 1. The molecule has 0 aliphatic heterocycles. The van der Waals surface area contributed by atoms with E-state index in [0.29, 0.717) is 19.3 Å². The van der Waals surface area contributed by atoms with Crippen molar-refractivity contribution in [2.45, 2.75) is 175 Å². The maximum Gasteiger partial charge on any atom is 0.306 e. The number of carbonyl (C=O) groups excluding carboxylic acids is 3. The van der Waals surface area contributed by atoms with Crippen LogP contribution in [0.5, 0.6) is 0 Å². The molecule has 1 aliphatic carbocycles. The first-order chi connectivity index (χ1) is 20.3. The predicted molar refractivity (Wildman–Crippen MR) is 166 cm³/mol. The Labute approximate surface area is 256 Å². The number of carbonyl (C=O) groups is 4. The molecule has 246 valence electrons. The molecule has 1 N–H and O–H groups in total. The number of esters is 3. The molecular weight excluding hydrogens is 536 g/mol. The van der Waals surface area contributed by atoms with Crippen molar-refractivity contribution in [2.75, 3.05) is 13.2 Å². The van der Waals surface area contributed by atoms with Gasteiger partial charge in [0.15, 0.2) is 6.10 Å². The molecule has 1 fully saturated rings. The van der Waals surface area contributed by atoms with Crippen LogP contribution < -0.4 is 0 Å². The van der Waals surface area contributed by atoms with Gasteiger partial charge in [0, 0.05) is 19.3 Å². The second-order valence-electron chi connectivity index (χ2n) is 11.6. The smallest absolute Gasteiger partial charge is 0.306 e. The minimum absolute atomic E-state index is 0.0289. The third-order valence-corrected chi connectivity index (χ3v) is 7.57. The normalized spacial score (nSPS) is 13.2. The van der Waals surface area contributed by atoms with Gasteiger partial charge in [-0.25, -0.2) is 0 Å². The first-order valence-corrected chi connectivity index (χ1v) is 17.1. The van der Waals surface area contributed by atoms with Crippen molar-refractivity contribution in [3.63, 3.8) is 0 Å². The molecule has 0 spiro atoms. The summed E-state index contributed by atoms with van der Waals surface area (Å²) in [6, 6.07) is 0. The topological polar surface area (TPSA) is 116 Å². The minimum atomic E-state index is -0.749. The molecule has 1 rings (SSSR count). The Morgan fingerprint density at radius 2 is 0.952 bits per heavy atom. The van der Waals surface area contributed by atoms with Gasteiger partial charge in [0.25, 0.3) is 0 Å². The number of aliphatic carboxylic acids is 1. The standard InChI is InChI=1S/C27H50O6.C7H12O2/c1-4-7-10-13-16-19-25(28)31-22-24(33-27(30)21-18-15-12-9-6-3)23-32-26(29)20-17-14-11-8-5-2;8-7(9)6-4-2-1-3-5-6/h24H,4-23H2,1-3H3;6H,1-5H2,(H,8,9). The average molecular weight is 599 g/mol. The van der Waals surface area contributed by atoms with Crippen LogP contribution in [0.2, 0.25) is 0 Å². The third-order valence-electron chi connectivity index (χ3n) is 7.57. The lowest BCUT2D eigenvalue weighted by atomic mass is 9.90. The van der Waals surface area contributed by atoms with Crippen molar-refractivity contribution < 1.29 is 38.5 Å². The van der Waals surface area contributed by atoms with E-state index in [4.69, 9.17) is 19.3 Å². The SMILES string of the molecule is CCCCCCCC(=O)OCC(COC(=O)CCCCCCC)OC(=O)CCCCCCC.O=C(O)C1CCCCC1. The van der Waals surface area contributed by atoms with Crippen LogP contribution in [-0.4, -0.2) is 48.3 Å². The van der Waals surface area contributed by atoms with Crippen LogP contribution in [0.1, 0.15) is 168 Å². The highest BCUT2D eigenvalue weighted by molar-refractivity contribution is 5.71. The summed E-state index contributed by atoms with van der Waals surface area (Å²) in [4.78, 5) is 46.6. The Balaban J connectivity index is 0.00000157. The Morgan fingerprint density at radius 3 is 1.31 bits per heavy atom. The van der Waals surface area contributed by atoms with Crippen molar-refractivity contribution in [1.82, 2.24) is 0 Å². The largest absolute Gasteiger partial charge is 0.481 e. The van der Waals surface area contributed by atoms with Gasteiger partial charge in [0.2, 0.25) is 0 Å². The monoisotopic (exact) mass is 598 g/mol. The summed E-state index contributed by atoms with van der Waals surface area (Å²) in [6.07, 6.45) is 21.3. The molecule has 8 heteroatoms. The van der Waals surface area contributed by atoms with E-state index in [1.54, 1.807) is 0 Å². The van der Waals surface area contributed by atoms with Gasteiger partial charge in [0.05, 0.1) is 5.92 Å². The number of unbranched alkanes of at least 4 members (excludes halogenated alkanes) is 12. The number of carboxylic acid groups (broad SMARTS) is 1. The van der Waals surface area contributed by atoms with Gasteiger partial charge in [-0.1, -0.05) is 117 Å². The van der Waals surface area contributed by atoms with Gasteiger partial charge in [-0.05, 0) is 32.1 Å². The van der Waals surface area contributed by atoms with Gasteiger partial charge in [-0.2, -0.15) is 0 Å². The second kappa shape index (κ2) is 29.0. The lowest BCUT2D eigenvalue weighted by Gasteiger charge is -2.18. The van der Waals surface area contributed by atoms with Gasteiger partial charge < -0.3 is 19.3 Å². The molecule has 0 aromatic rings. The van der Waals surface area contributed by atoms with Gasteiger partial charge in [0.1, 0.15) is 13.2 Å². The fourth-order valence-corrected chi connectivity index (χ4v) is 4.85. The Hall–Kier alpha value is -2.12. The fraction of sp³-hybridized carbons (Fsp3) is 0.882. The van der Waals surface area contributed by atoms with Crippen LogP contribution >= 0.6 is 0 Å². The molecule has 0 aromatic carbocycles. The molecular formula is C34H62O8. The first kappa shape index (κ1) is 39.9. The lowest BCUT2D eigenvalue weighted by Crippen LogP contribution is -2.30. The molecule has 1 aliphatic rings. The number of ether oxygens (including phenoxy) is 3. The molecule has 1 saturated carbocycles. The summed E-state index contributed by atoms with van der Waals surface area (Å²) >= 11 is 0. The van der Waals surface area contributed by atoms with Crippen molar-refractivity contribution >= 4 is 23.9 Å². The Morgan fingerprint density at radius 1 is 0.571 bits per heavy atom. The number of hydrogen-bond acceptors (Lipinski definition) is 7.